The minimum absolute atomic E-state index is 0.0636. The van der Waals surface area contributed by atoms with E-state index in [2.05, 4.69) is 20.5 Å². The molecule has 6 rings (SSSR count). The molecule has 0 saturated carbocycles. The third-order valence-corrected chi connectivity index (χ3v) is 7.38. The minimum Gasteiger partial charge on any atom is -0.381 e. The lowest BCUT2D eigenvalue weighted by Crippen LogP contribution is -2.33. The highest BCUT2D eigenvalue weighted by molar-refractivity contribution is 6.04. The van der Waals surface area contributed by atoms with Crippen LogP contribution >= 0.6 is 0 Å². The van der Waals surface area contributed by atoms with Gasteiger partial charge in [0.1, 0.15) is 11.4 Å². The summed E-state index contributed by atoms with van der Waals surface area (Å²) in [5, 5.41) is 12.0. The molecule has 0 unspecified atom stereocenters. The number of nitrogen functional groups attached to an aromatic ring is 1. The molecule has 4 heterocycles. The van der Waals surface area contributed by atoms with Gasteiger partial charge < -0.3 is 11.1 Å². The number of hydrogen-bond acceptors (Lipinski definition) is 7. The van der Waals surface area contributed by atoms with Gasteiger partial charge in [-0.05, 0) is 50.6 Å². The molecule has 0 fully saturated rings. The number of fused-ring (bicyclic) bond motifs is 2. The molecule has 2 aromatic carbocycles. The van der Waals surface area contributed by atoms with Crippen LogP contribution in [0.15, 0.2) is 71.8 Å². The molecule has 42 heavy (non-hydrogen) atoms. The van der Waals surface area contributed by atoms with Gasteiger partial charge in [0.15, 0.2) is 11.5 Å². The molecule has 11 heteroatoms. The summed E-state index contributed by atoms with van der Waals surface area (Å²) in [6.07, 6.45) is 7.23. The number of nitrogens with one attached hydrogen (secondary N) is 1. The third kappa shape index (κ3) is 4.50. The van der Waals surface area contributed by atoms with E-state index in [0.29, 0.717) is 28.1 Å². The Bertz CT molecular complexity index is 2070. The number of amides is 1. The van der Waals surface area contributed by atoms with Crippen molar-refractivity contribution in [2.45, 2.75) is 26.8 Å². The highest BCUT2D eigenvalue weighted by Crippen LogP contribution is 2.24. The third-order valence-electron chi connectivity index (χ3n) is 7.38. The summed E-state index contributed by atoms with van der Waals surface area (Å²) in [6.45, 7) is 5.62. The van der Waals surface area contributed by atoms with Gasteiger partial charge in [0.2, 0.25) is 0 Å². The maximum Gasteiger partial charge on any atom is 0.266 e. The molecule has 0 spiro atoms. The van der Waals surface area contributed by atoms with Gasteiger partial charge in [-0.1, -0.05) is 42.5 Å². The predicted octanol–water partition coefficient (Wildman–Crippen LogP) is 4.02. The number of hydrogen-bond donors (Lipinski definition) is 2. The van der Waals surface area contributed by atoms with Gasteiger partial charge >= 0.3 is 0 Å². The summed E-state index contributed by atoms with van der Waals surface area (Å²) < 4.78 is 4.87. The van der Waals surface area contributed by atoms with Crippen LogP contribution in [0, 0.1) is 13.8 Å². The van der Waals surface area contributed by atoms with E-state index in [0.717, 1.165) is 22.5 Å². The van der Waals surface area contributed by atoms with Crippen LogP contribution in [-0.4, -0.2) is 39.8 Å². The number of para-hydroxylation sites is 1. The van der Waals surface area contributed by atoms with Gasteiger partial charge in [0.25, 0.3) is 11.5 Å². The predicted molar refractivity (Wildman–Crippen MR) is 162 cm³/mol. The van der Waals surface area contributed by atoms with Crippen LogP contribution in [-0.2, 0) is 7.05 Å². The molecule has 0 aliphatic rings. The molecule has 3 N–H and O–H groups in total. The first-order valence-corrected chi connectivity index (χ1v) is 13.4. The topological polar surface area (TPSA) is 138 Å². The summed E-state index contributed by atoms with van der Waals surface area (Å²) in [7, 11) is 1.88. The lowest BCUT2D eigenvalue weighted by molar-refractivity contribution is 0.0940. The fourth-order valence-electron chi connectivity index (χ4n) is 5.02. The van der Waals surface area contributed by atoms with Gasteiger partial charge in [-0.3, -0.25) is 18.8 Å². The summed E-state index contributed by atoms with van der Waals surface area (Å²) in [4.78, 5) is 37.0. The van der Waals surface area contributed by atoms with Crippen LogP contribution in [0.25, 0.3) is 34.4 Å². The molecule has 6 aromatic rings. The van der Waals surface area contributed by atoms with E-state index in [1.54, 1.807) is 40.7 Å². The van der Waals surface area contributed by atoms with Crippen molar-refractivity contribution >= 4 is 40.4 Å². The van der Waals surface area contributed by atoms with E-state index in [-0.39, 0.29) is 16.9 Å². The van der Waals surface area contributed by atoms with Gasteiger partial charge in [0.05, 0.1) is 28.8 Å². The standard InChI is InChI=1S/C31H29N9O2/c1-18-15-16-33-29-26(27(32)37-40(18)29)30(41)35-19(2)28-36-24-12-8-9-21(13-14-22-17-34-38(4)20(22)3)25(24)31(42)39(28)23-10-6-5-7-11-23/h5-17,19H,1-4H3,(H2,32,37)(H,35,41)/b14-13+/t19-/m0/s1. The largest absolute Gasteiger partial charge is 0.381 e. The molecule has 0 bridgehead atoms. The number of nitrogens with two attached hydrogens (primary N) is 1. The van der Waals surface area contributed by atoms with Crippen LogP contribution in [0.1, 0.15) is 51.7 Å². The molecule has 0 aliphatic carbocycles. The SMILES string of the molecule is Cc1c(/C=C/c2cccc3nc([C@H](C)NC(=O)c4c(N)nn5c(C)ccnc45)n(-c4ccccc4)c(=O)c23)cnn1C. The molecule has 0 saturated heterocycles. The van der Waals surface area contributed by atoms with E-state index in [9.17, 15) is 9.59 Å². The van der Waals surface area contributed by atoms with E-state index in [4.69, 9.17) is 10.7 Å². The Morgan fingerprint density at radius 1 is 1.02 bits per heavy atom. The van der Waals surface area contributed by atoms with Crippen LogP contribution in [0.4, 0.5) is 5.82 Å². The number of benzene rings is 2. The average molecular weight is 560 g/mol. The molecule has 1 atom stereocenters. The number of carbonyl (C=O) groups is 1. The van der Waals surface area contributed by atoms with Crippen LogP contribution < -0.4 is 16.6 Å². The van der Waals surface area contributed by atoms with Gasteiger partial charge in [-0.2, -0.15) is 5.10 Å². The monoisotopic (exact) mass is 559 g/mol. The zero-order valence-electron chi connectivity index (χ0n) is 23.6. The molecular formula is C31H29N9O2. The lowest BCUT2D eigenvalue weighted by atomic mass is 10.1. The molecule has 0 aliphatic heterocycles. The first-order valence-electron chi connectivity index (χ1n) is 13.4. The van der Waals surface area contributed by atoms with E-state index >= 15 is 0 Å². The Labute approximate surface area is 241 Å². The molecule has 1 amide bonds. The Hall–Kier alpha value is -5.58. The van der Waals surface area contributed by atoms with Crippen LogP contribution in [0.5, 0.6) is 0 Å². The van der Waals surface area contributed by atoms with Crippen LogP contribution in [0.3, 0.4) is 0 Å². The van der Waals surface area contributed by atoms with Crippen molar-refractivity contribution in [3.8, 4) is 5.69 Å². The van der Waals surface area contributed by atoms with Gasteiger partial charge in [-0.15, -0.1) is 5.10 Å². The normalized spacial score (nSPS) is 12.4. The summed E-state index contributed by atoms with van der Waals surface area (Å²) in [5.41, 5.74) is 11.0. The average Bonchev–Trinajstić information content (AvgIpc) is 3.50. The Morgan fingerprint density at radius 3 is 2.52 bits per heavy atom. The van der Waals surface area contributed by atoms with E-state index in [1.165, 1.54) is 4.52 Å². The molecule has 210 valence electrons. The Morgan fingerprint density at radius 2 is 1.79 bits per heavy atom. The zero-order chi connectivity index (χ0) is 29.5. The van der Waals surface area contributed by atoms with Crippen molar-refractivity contribution in [3.05, 3.63) is 111 Å². The van der Waals surface area contributed by atoms with Gasteiger partial charge in [0, 0.05) is 30.2 Å². The van der Waals surface area contributed by atoms with Crippen molar-refractivity contribution < 1.29 is 4.79 Å². The summed E-state index contributed by atoms with van der Waals surface area (Å²) in [6, 6.07) is 15.9. The second-order valence-electron chi connectivity index (χ2n) is 10.1. The number of anilines is 1. The lowest BCUT2D eigenvalue weighted by Gasteiger charge is -2.20. The van der Waals surface area contributed by atoms with Gasteiger partial charge in [-0.25, -0.2) is 14.5 Å². The quantitative estimate of drug-likeness (QED) is 0.314. The van der Waals surface area contributed by atoms with Crippen molar-refractivity contribution in [2.75, 3.05) is 5.73 Å². The smallest absolute Gasteiger partial charge is 0.266 e. The molecule has 11 nitrogen and oxygen atoms in total. The number of aromatic nitrogens is 7. The highest BCUT2D eigenvalue weighted by Gasteiger charge is 2.25. The Kier molecular flexibility index (Phi) is 6.62. The van der Waals surface area contributed by atoms with E-state index < -0.39 is 11.9 Å². The highest BCUT2D eigenvalue weighted by atomic mass is 16.2. The Balaban J connectivity index is 1.47. The summed E-state index contributed by atoms with van der Waals surface area (Å²) in [5.74, 6) is -0.0326. The fourth-order valence-corrected chi connectivity index (χ4v) is 5.02. The molecule has 0 radical (unpaired) electrons. The second-order valence-corrected chi connectivity index (χ2v) is 10.1. The van der Waals surface area contributed by atoms with Crippen molar-refractivity contribution in [1.29, 1.82) is 0 Å². The van der Waals surface area contributed by atoms with Crippen molar-refractivity contribution in [3.63, 3.8) is 0 Å². The fraction of sp³-hybridized carbons (Fsp3) is 0.161. The number of aryl methyl sites for hydroxylation is 2. The number of carbonyl (C=O) groups excluding carboxylic acids is 1. The first kappa shape index (κ1) is 26.6. The number of nitrogens with zero attached hydrogens (tertiary/aromatic N) is 7. The van der Waals surface area contributed by atoms with E-state index in [1.807, 2.05) is 75.5 Å². The maximum absolute atomic E-state index is 14.3. The number of rotatable bonds is 6. The van der Waals surface area contributed by atoms with Crippen molar-refractivity contribution in [2.24, 2.45) is 7.05 Å². The summed E-state index contributed by atoms with van der Waals surface area (Å²) >= 11 is 0. The molecule has 4 aromatic heterocycles. The zero-order valence-corrected chi connectivity index (χ0v) is 23.6. The van der Waals surface area contributed by atoms with Crippen LogP contribution in [0.2, 0.25) is 0 Å². The second kappa shape index (κ2) is 10.4. The minimum atomic E-state index is -0.675. The molecular weight excluding hydrogens is 530 g/mol. The maximum atomic E-state index is 14.3. The van der Waals surface area contributed by atoms with Crippen molar-refractivity contribution in [1.82, 2.24) is 39.2 Å². The first-order chi connectivity index (χ1) is 20.2.